The second kappa shape index (κ2) is 5.20. The second-order valence-electron chi connectivity index (χ2n) is 3.27. The first-order chi connectivity index (χ1) is 8.15. The molecule has 2 heterocycles. The summed E-state index contributed by atoms with van der Waals surface area (Å²) in [6.07, 6.45) is 4.45. The lowest BCUT2D eigenvalue weighted by atomic mass is 10.4. The van der Waals surface area contributed by atoms with Crippen molar-refractivity contribution in [2.75, 3.05) is 0 Å². The molecule has 1 N–H and O–H groups in total. The molecular weight excluding hydrogens is 260 g/mol. The predicted octanol–water partition coefficient (Wildman–Crippen LogP) is 1.82. The number of hydrogen-bond acceptors (Lipinski definition) is 5. The van der Waals surface area contributed by atoms with Crippen molar-refractivity contribution < 1.29 is 4.79 Å². The quantitative estimate of drug-likeness (QED) is 0.922. The number of carbonyl (C=O) groups is 1. The fraction of sp³-hybridized carbons (Fsp3) is 0.200. The van der Waals surface area contributed by atoms with Crippen molar-refractivity contribution in [3.8, 4) is 0 Å². The van der Waals surface area contributed by atoms with E-state index in [0.29, 0.717) is 6.54 Å². The number of rotatable bonds is 3. The zero-order chi connectivity index (χ0) is 12.3. The van der Waals surface area contributed by atoms with E-state index in [1.54, 1.807) is 17.5 Å². The summed E-state index contributed by atoms with van der Waals surface area (Å²) in [5, 5.41) is 3.83. The number of hydrogen-bond donors (Lipinski definition) is 1. The molecule has 0 aliphatic carbocycles. The Hall–Kier alpha value is -1.53. The van der Waals surface area contributed by atoms with Crippen LogP contribution < -0.4 is 5.32 Å². The summed E-state index contributed by atoms with van der Waals surface area (Å²) >= 11 is 7.12. The first-order valence-electron chi connectivity index (χ1n) is 4.82. The van der Waals surface area contributed by atoms with Gasteiger partial charge in [0.2, 0.25) is 0 Å². The van der Waals surface area contributed by atoms with Gasteiger partial charge in [-0.2, -0.15) is 0 Å². The van der Waals surface area contributed by atoms with Gasteiger partial charge in [0.15, 0.2) is 0 Å². The fourth-order valence-corrected chi connectivity index (χ4v) is 1.98. The molecule has 0 bridgehead atoms. The molecule has 1 amide bonds. The summed E-state index contributed by atoms with van der Waals surface area (Å²) in [5.41, 5.74) is 0.239. The molecule has 2 rings (SSSR count). The number of thiazole rings is 1. The molecule has 0 fully saturated rings. The second-order valence-corrected chi connectivity index (χ2v) is 4.98. The highest BCUT2D eigenvalue weighted by Crippen LogP contribution is 2.10. The maximum Gasteiger partial charge on any atom is 0.271 e. The number of nitrogens with one attached hydrogen (secondary N) is 1. The van der Waals surface area contributed by atoms with Crippen LogP contribution in [-0.4, -0.2) is 20.9 Å². The van der Waals surface area contributed by atoms with E-state index in [1.165, 1.54) is 12.4 Å². The molecule has 0 unspecified atom stereocenters. The summed E-state index contributed by atoms with van der Waals surface area (Å²) in [7, 11) is 0. The summed E-state index contributed by atoms with van der Waals surface area (Å²) < 4.78 is 0. The summed E-state index contributed by atoms with van der Waals surface area (Å²) in [6, 6.07) is 0. The zero-order valence-electron chi connectivity index (χ0n) is 8.98. The average molecular weight is 269 g/mol. The molecule has 17 heavy (non-hydrogen) atoms. The van der Waals surface area contributed by atoms with Gasteiger partial charge in [-0.05, 0) is 6.92 Å². The van der Waals surface area contributed by atoms with Crippen LogP contribution in [0.25, 0.3) is 0 Å². The first kappa shape index (κ1) is 11.9. The molecule has 2 aromatic rings. The van der Waals surface area contributed by atoms with Crippen molar-refractivity contribution >= 4 is 28.8 Å². The van der Waals surface area contributed by atoms with Gasteiger partial charge in [-0.15, -0.1) is 11.3 Å². The number of carbonyl (C=O) groups excluding carboxylic acids is 1. The van der Waals surface area contributed by atoms with Crippen LogP contribution in [0.3, 0.4) is 0 Å². The van der Waals surface area contributed by atoms with Crippen LogP contribution in [0.15, 0.2) is 18.6 Å². The van der Waals surface area contributed by atoms with Gasteiger partial charge >= 0.3 is 0 Å². The van der Waals surface area contributed by atoms with Crippen LogP contribution in [0.1, 0.15) is 20.4 Å². The van der Waals surface area contributed by atoms with Crippen molar-refractivity contribution in [1.82, 2.24) is 20.3 Å². The highest BCUT2D eigenvalue weighted by molar-refractivity contribution is 7.11. The van der Waals surface area contributed by atoms with E-state index in [2.05, 4.69) is 20.3 Å². The van der Waals surface area contributed by atoms with Gasteiger partial charge in [-0.25, -0.2) is 15.0 Å². The third kappa shape index (κ3) is 3.21. The van der Waals surface area contributed by atoms with E-state index in [1.807, 2.05) is 6.92 Å². The normalized spacial score (nSPS) is 10.2. The van der Waals surface area contributed by atoms with E-state index < -0.39 is 0 Å². The Balaban J connectivity index is 1.95. The molecule has 0 aliphatic heterocycles. The maximum atomic E-state index is 11.7. The maximum absolute atomic E-state index is 11.7. The Bertz CT molecular complexity index is 525. The highest BCUT2D eigenvalue weighted by atomic mass is 35.5. The van der Waals surface area contributed by atoms with E-state index in [-0.39, 0.29) is 16.8 Å². The number of nitrogens with zero attached hydrogens (tertiary/aromatic N) is 3. The van der Waals surface area contributed by atoms with Crippen LogP contribution in [-0.2, 0) is 6.54 Å². The largest absolute Gasteiger partial charge is 0.344 e. The Kier molecular flexibility index (Phi) is 3.65. The number of aryl methyl sites for hydroxylation is 1. The van der Waals surface area contributed by atoms with Gasteiger partial charge in [-0.3, -0.25) is 4.79 Å². The summed E-state index contributed by atoms with van der Waals surface area (Å²) in [6.45, 7) is 2.36. The van der Waals surface area contributed by atoms with Gasteiger partial charge in [-0.1, -0.05) is 11.6 Å². The lowest BCUT2D eigenvalue weighted by Gasteiger charge is -2.01. The Morgan fingerprint density at radius 1 is 1.35 bits per heavy atom. The molecule has 7 heteroatoms. The molecule has 0 saturated carbocycles. The molecule has 0 atom stereocenters. The van der Waals surface area contributed by atoms with Crippen LogP contribution in [0.2, 0.25) is 5.15 Å². The van der Waals surface area contributed by atoms with Crippen molar-refractivity contribution in [1.29, 1.82) is 0 Å². The van der Waals surface area contributed by atoms with Gasteiger partial charge in [0, 0.05) is 11.1 Å². The summed E-state index contributed by atoms with van der Waals surface area (Å²) in [5.74, 6) is -0.290. The van der Waals surface area contributed by atoms with Crippen molar-refractivity contribution in [2.24, 2.45) is 0 Å². The van der Waals surface area contributed by atoms with E-state index >= 15 is 0 Å². The number of halogens is 1. The SMILES string of the molecule is Cc1cnc(CNC(=O)c2cnc(Cl)cn2)s1. The van der Waals surface area contributed by atoms with Crippen molar-refractivity contribution in [3.63, 3.8) is 0 Å². The molecule has 5 nitrogen and oxygen atoms in total. The third-order valence-corrected chi connectivity index (χ3v) is 3.03. The monoisotopic (exact) mass is 268 g/mol. The average Bonchev–Trinajstić information content (AvgIpc) is 2.73. The summed E-state index contributed by atoms with van der Waals surface area (Å²) in [4.78, 5) is 24.6. The molecule has 0 spiro atoms. The Morgan fingerprint density at radius 3 is 2.76 bits per heavy atom. The lowest BCUT2D eigenvalue weighted by molar-refractivity contribution is 0.0945. The molecular formula is C10H9ClN4OS. The third-order valence-electron chi connectivity index (χ3n) is 1.92. The number of amides is 1. The molecule has 88 valence electrons. The highest BCUT2D eigenvalue weighted by Gasteiger charge is 2.08. The minimum atomic E-state index is -0.290. The minimum Gasteiger partial charge on any atom is -0.344 e. The van der Waals surface area contributed by atoms with Crippen molar-refractivity contribution in [3.05, 3.63) is 39.3 Å². The Labute approximate surface area is 107 Å². The molecule has 2 aromatic heterocycles. The van der Waals surface area contributed by atoms with Gasteiger partial charge in [0.05, 0.1) is 18.9 Å². The van der Waals surface area contributed by atoms with Gasteiger partial charge in [0.1, 0.15) is 15.9 Å². The molecule has 0 aliphatic rings. The van der Waals surface area contributed by atoms with Crippen LogP contribution in [0.5, 0.6) is 0 Å². The number of aromatic nitrogens is 3. The van der Waals surface area contributed by atoms with E-state index in [4.69, 9.17) is 11.6 Å². The minimum absolute atomic E-state index is 0.239. The standard InChI is InChI=1S/C10H9ClN4OS/c1-6-2-14-9(17-6)5-15-10(16)7-3-13-8(11)4-12-7/h2-4H,5H2,1H3,(H,15,16). The van der Waals surface area contributed by atoms with Crippen LogP contribution in [0, 0.1) is 6.92 Å². The van der Waals surface area contributed by atoms with Crippen molar-refractivity contribution in [2.45, 2.75) is 13.5 Å². The predicted molar refractivity (Wildman–Crippen MR) is 65.1 cm³/mol. The Morgan fingerprint density at radius 2 is 2.18 bits per heavy atom. The van der Waals surface area contributed by atoms with Gasteiger partial charge in [0.25, 0.3) is 5.91 Å². The first-order valence-corrected chi connectivity index (χ1v) is 6.01. The topological polar surface area (TPSA) is 67.8 Å². The van der Waals surface area contributed by atoms with Crippen LogP contribution >= 0.6 is 22.9 Å². The van der Waals surface area contributed by atoms with Crippen LogP contribution in [0.4, 0.5) is 0 Å². The van der Waals surface area contributed by atoms with E-state index in [9.17, 15) is 4.79 Å². The van der Waals surface area contributed by atoms with Gasteiger partial charge < -0.3 is 5.32 Å². The molecule has 0 radical (unpaired) electrons. The zero-order valence-corrected chi connectivity index (χ0v) is 10.5. The lowest BCUT2D eigenvalue weighted by Crippen LogP contribution is -2.23. The smallest absolute Gasteiger partial charge is 0.271 e. The molecule has 0 aromatic carbocycles. The molecule has 0 saturated heterocycles. The van der Waals surface area contributed by atoms with E-state index in [0.717, 1.165) is 9.88 Å². The fourth-order valence-electron chi connectivity index (χ4n) is 1.16.